The van der Waals surface area contributed by atoms with Crippen molar-refractivity contribution in [2.75, 3.05) is 0 Å². The fourth-order valence-corrected chi connectivity index (χ4v) is 3.79. The van der Waals surface area contributed by atoms with Crippen LogP contribution >= 0.6 is 0 Å². The van der Waals surface area contributed by atoms with Crippen molar-refractivity contribution in [1.29, 1.82) is 0 Å². The SMILES string of the molecule is CC(OC(=O)c1cnc2c(cnn2Cc2ccccc2)c1)c1nc2ccccc2n1C(F)F. The molecule has 0 saturated carbocycles. The Balaban J connectivity index is 1.38. The number of carbonyl (C=O) groups is 1. The largest absolute Gasteiger partial charge is 0.451 e. The third-order valence-corrected chi connectivity index (χ3v) is 5.35. The van der Waals surface area contributed by atoms with Crippen LogP contribution in [0.15, 0.2) is 73.1 Å². The Hall–Kier alpha value is -4.14. The summed E-state index contributed by atoms with van der Waals surface area (Å²) in [4.78, 5) is 21.4. The van der Waals surface area contributed by atoms with E-state index in [0.717, 1.165) is 10.1 Å². The molecule has 3 aromatic heterocycles. The fourth-order valence-electron chi connectivity index (χ4n) is 3.79. The molecular weight excluding hydrogens is 428 g/mol. The Morgan fingerprint density at radius 2 is 1.82 bits per heavy atom. The van der Waals surface area contributed by atoms with Crippen molar-refractivity contribution < 1.29 is 18.3 Å². The van der Waals surface area contributed by atoms with Gasteiger partial charge in [-0.15, -0.1) is 0 Å². The number of alkyl halides is 2. The van der Waals surface area contributed by atoms with E-state index in [1.807, 2.05) is 30.3 Å². The van der Waals surface area contributed by atoms with Crippen LogP contribution in [0.3, 0.4) is 0 Å². The summed E-state index contributed by atoms with van der Waals surface area (Å²) in [5, 5.41) is 5.03. The quantitative estimate of drug-likeness (QED) is 0.337. The first kappa shape index (κ1) is 20.7. The van der Waals surface area contributed by atoms with Crippen molar-refractivity contribution in [1.82, 2.24) is 24.3 Å². The minimum absolute atomic E-state index is 0.0238. The number of fused-ring (bicyclic) bond motifs is 2. The number of nitrogens with zero attached hydrogens (tertiary/aromatic N) is 5. The van der Waals surface area contributed by atoms with Crippen molar-refractivity contribution in [3.63, 3.8) is 0 Å². The highest BCUT2D eigenvalue weighted by atomic mass is 19.3. The molecule has 33 heavy (non-hydrogen) atoms. The van der Waals surface area contributed by atoms with Crippen LogP contribution in [0.1, 0.15) is 41.3 Å². The van der Waals surface area contributed by atoms with Crippen LogP contribution in [0.5, 0.6) is 0 Å². The van der Waals surface area contributed by atoms with E-state index in [4.69, 9.17) is 4.74 Å². The number of rotatable bonds is 6. The Morgan fingerprint density at radius 1 is 1.06 bits per heavy atom. The van der Waals surface area contributed by atoms with E-state index in [-0.39, 0.29) is 16.9 Å². The molecule has 0 aliphatic heterocycles. The molecule has 1 atom stereocenters. The zero-order chi connectivity index (χ0) is 22.9. The minimum Gasteiger partial charge on any atom is -0.451 e. The molecule has 0 aliphatic carbocycles. The summed E-state index contributed by atoms with van der Waals surface area (Å²) >= 11 is 0. The van der Waals surface area contributed by atoms with Crippen LogP contribution in [0.25, 0.3) is 22.1 Å². The van der Waals surface area contributed by atoms with E-state index in [1.54, 1.807) is 41.2 Å². The molecule has 0 amide bonds. The van der Waals surface area contributed by atoms with Gasteiger partial charge in [-0.3, -0.25) is 4.57 Å². The van der Waals surface area contributed by atoms with E-state index < -0.39 is 18.6 Å². The van der Waals surface area contributed by atoms with Crippen molar-refractivity contribution >= 4 is 28.0 Å². The van der Waals surface area contributed by atoms with E-state index in [9.17, 15) is 13.6 Å². The third-order valence-electron chi connectivity index (χ3n) is 5.35. The molecule has 1 unspecified atom stereocenters. The average molecular weight is 447 g/mol. The second-order valence-corrected chi connectivity index (χ2v) is 7.58. The Bertz CT molecular complexity index is 1450. The van der Waals surface area contributed by atoms with Crippen molar-refractivity contribution in [2.45, 2.75) is 26.1 Å². The van der Waals surface area contributed by atoms with Gasteiger partial charge in [-0.1, -0.05) is 42.5 Å². The van der Waals surface area contributed by atoms with E-state index in [1.165, 1.54) is 13.1 Å². The van der Waals surface area contributed by atoms with Crippen LogP contribution in [0.2, 0.25) is 0 Å². The molecule has 9 heteroatoms. The Kier molecular flexibility index (Phi) is 5.29. The summed E-state index contributed by atoms with van der Waals surface area (Å²) in [7, 11) is 0. The van der Waals surface area contributed by atoms with E-state index >= 15 is 0 Å². The highest BCUT2D eigenvalue weighted by molar-refractivity contribution is 5.93. The highest BCUT2D eigenvalue weighted by Crippen LogP contribution is 2.28. The fraction of sp³-hybridized carbons (Fsp3) is 0.167. The van der Waals surface area contributed by atoms with Crippen molar-refractivity contribution in [3.05, 3.63) is 90.0 Å². The molecule has 0 radical (unpaired) electrons. The number of hydrogen-bond acceptors (Lipinski definition) is 5. The van der Waals surface area contributed by atoms with Gasteiger partial charge in [0.05, 0.1) is 29.3 Å². The number of pyridine rings is 1. The zero-order valence-electron chi connectivity index (χ0n) is 17.6. The number of esters is 1. The van der Waals surface area contributed by atoms with Gasteiger partial charge in [0.1, 0.15) is 0 Å². The molecule has 3 heterocycles. The lowest BCUT2D eigenvalue weighted by Crippen LogP contribution is -2.15. The Labute approximate surface area is 187 Å². The molecule has 0 spiro atoms. The molecule has 0 N–H and O–H groups in total. The van der Waals surface area contributed by atoms with Gasteiger partial charge < -0.3 is 4.74 Å². The molecule has 5 rings (SSSR count). The summed E-state index contributed by atoms with van der Waals surface area (Å²) in [6.07, 6.45) is 2.04. The smallest absolute Gasteiger partial charge is 0.340 e. The third kappa shape index (κ3) is 3.93. The average Bonchev–Trinajstić information content (AvgIpc) is 3.41. The molecule has 5 aromatic rings. The molecule has 7 nitrogen and oxygen atoms in total. The number of para-hydroxylation sites is 2. The number of ether oxygens (including phenoxy) is 1. The van der Waals surface area contributed by atoms with Gasteiger partial charge in [0.15, 0.2) is 17.6 Å². The standard InChI is InChI=1S/C24H19F2N5O2/c1-15(21-29-19-9-5-6-10-20(19)31(21)24(25)26)33-23(32)18-11-17-13-28-30(22(17)27-12-18)14-16-7-3-2-4-8-16/h2-13,15,24H,14H2,1H3. The number of imidazole rings is 1. The lowest BCUT2D eigenvalue weighted by molar-refractivity contribution is 0.0233. The van der Waals surface area contributed by atoms with Gasteiger partial charge in [0.2, 0.25) is 0 Å². The summed E-state index contributed by atoms with van der Waals surface area (Å²) in [6.45, 7) is -0.758. The van der Waals surface area contributed by atoms with Crippen molar-refractivity contribution in [2.24, 2.45) is 0 Å². The number of aromatic nitrogens is 5. The summed E-state index contributed by atoms with van der Waals surface area (Å²) < 4.78 is 35.4. The van der Waals surface area contributed by atoms with Gasteiger partial charge in [-0.25, -0.2) is 19.4 Å². The first-order chi connectivity index (χ1) is 16.0. The van der Waals surface area contributed by atoms with Gasteiger partial charge >= 0.3 is 12.5 Å². The van der Waals surface area contributed by atoms with Crippen LogP contribution in [-0.2, 0) is 11.3 Å². The lowest BCUT2D eigenvalue weighted by Gasteiger charge is -2.15. The van der Waals surface area contributed by atoms with Crippen molar-refractivity contribution in [3.8, 4) is 0 Å². The molecule has 0 bridgehead atoms. The molecule has 0 saturated heterocycles. The normalized spacial score (nSPS) is 12.5. The van der Waals surface area contributed by atoms with Crippen LogP contribution in [0, 0.1) is 0 Å². The first-order valence-corrected chi connectivity index (χ1v) is 10.3. The molecule has 166 valence electrons. The predicted octanol–water partition coefficient (Wildman–Crippen LogP) is 5.14. The topological polar surface area (TPSA) is 74.8 Å². The maximum Gasteiger partial charge on any atom is 0.340 e. The maximum absolute atomic E-state index is 13.7. The number of halogens is 2. The second-order valence-electron chi connectivity index (χ2n) is 7.58. The van der Waals surface area contributed by atoms with Crippen LogP contribution in [-0.4, -0.2) is 30.3 Å². The highest BCUT2D eigenvalue weighted by Gasteiger charge is 2.25. The summed E-state index contributed by atoms with van der Waals surface area (Å²) in [5.74, 6) is -0.704. The molecule has 0 aliphatic rings. The van der Waals surface area contributed by atoms with Gasteiger partial charge in [-0.2, -0.15) is 13.9 Å². The van der Waals surface area contributed by atoms with Gasteiger partial charge in [-0.05, 0) is 30.7 Å². The number of carbonyl (C=O) groups excluding carboxylic acids is 1. The van der Waals surface area contributed by atoms with Gasteiger partial charge in [0, 0.05) is 11.6 Å². The molecule has 2 aromatic carbocycles. The number of hydrogen-bond donors (Lipinski definition) is 0. The lowest BCUT2D eigenvalue weighted by atomic mass is 10.2. The monoisotopic (exact) mass is 447 g/mol. The van der Waals surface area contributed by atoms with Crippen LogP contribution in [0.4, 0.5) is 8.78 Å². The Morgan fingerprint density at radius 3 is 2.61 bits per heavy atom. The zero-order valence-corrected chi connectivity index (χ0v) is 17.6. The first-order valence-electron chi connectivity index (χ1n) is 10.3. The predicted molar refractivity (Wildman–Crippen MR) is 118 cm³/mol. The summed E-state index contributed by atoms with van der Waals surface area (Å²) in [5.41, 5.74) is 2.59. The van der Waals surface area contributed by atoms with Crippen LogP contribution < -0.4 is 0 Å². The maximum atomic E-state index is 13.7. The molecular formula is C24H19F2N5O2. The van der Waals surface area contributed by atoms with E-state index in [0.29, 0.717) is 23.1 Å². The van der Waals surface area contributed by atoms with Gasteiger partial charge in [0.25, 0.3) is 0 Å². The second kappa shape index (κ2) is 8.42. The minimum atomic E-state index is -2.82. The summed E-state index contributed by atoms with van der Waals surface area (Å²) in [6, 6.07) is 18.0. The molecule has 0 fully saturated rings. The number of benzene rings is 2. The van der Waals surface area contributed by atoms with E-state index in [2.05, 4.69) is 15.1 Å².